The Balaban J connectivity index is 2.02. The van der Waals surface area contributed by atoms with Crippen LogP contribution >= 0.6 is 0 Å². The highest BCUT2D eigenvalue weighted by molar-refractivity contribution is 5.78. The molecule has 2 rings (SSSR count). The summed E-state index contributed by atoms with van der Waals surface area (Å²) < 4.78 is 5.18. The molecule has 1 aliphatic rings. The maximum Gasteiger partial charge on any atom is 0.234 e. The molecule has 104 valence electrons. The first-order chi connectivity index (χ1) is 9.24. The molecule has 0 radical (unpaired) electrons. The van der Waals surface area contributed by atoms with Crippen molar-refractivity contribution in [2.75, 3.05) is 26.7 Å². The van der Waals surface area contributed by atoms with Crippen molar-refractivity contribution in [1.29, 1.82) is 0 Å². The molecule has 1 aliphatic heterocycles. The molecule has 1 fully saturated rings. The topological polar surface area (TPSA) is 41.6 Å². The van der Waals surface area contributed by atoms with Gasteiger partial charge in [-0.15, -0.1) is 0 Å². The van der Waals surface area contributed by atoms with Gasteiger partial charge in [0.25, 0.3) is 0 Å². The van der Waals surface area contributed by atoms with E-state index in [4.69, 9.17) is 4.74 Å². The van der Waals surface area contributed by atoms with Crippen molar-refractivity contribution in [3.8, 4) is 5.75 Å². The van der Waals surface area contributed by atoms with Crippen LogP contribution in [0.1, 0.15) is 31.4 Å². The van der Waals surface area contributed by atoms with Gasteiger partial charge in [0.05, 0.1) is 13.7 Å². The van der Waals surface area contributed by atoms with E-state index in [0.717, 1.165) is 25.1 Å². The number of likely N-dealkylation sites (tertiary alicyclic amines) is 1. The van der Waals surface area contributed by atoms with E-state index in [0.29, 0.717) is 19.1 Å². The van der Waals surface area contributed by atoms with Crippen LogP contribution in [0.25, 0.3) is 0 Å². The van der Waals surface area contributed by atoms with E-state index in [1.54, 1.807) is 7.11 Å². The fourth-order valence-electron chi connectivity index (χ4n) is 2.66. The summed E-state index contributed by atoms with van der Waals surface area (Å²) in [6.45, 7) is 4.13. The number of ether oxygens (including phenoxy) is 1. The van der Waals surface area contributed by atoms with Crippen molar-refractivity contribution in [1.82, 2.24) is 10.2 Å². The Bertz CT molecular complexity index is 417. The van der Waals surface area contributed by atoms with Crippen LogP contribution in [0.3, 0.4) is 0 Å². The Morgan fingerprint density at radius 1 is 1.42 bits per heavy atom. The number of methoxy groups -OCH3 is 1. The molecule has 1 saturated heterocycles. The Morgan fingerprint density at radius 2 is 2.16 bits per heavy atom. The molecule has 0 aliphatic carbocycles. The van der Waals surface area contributed by atoms with E-state index < -0.39 is 0 Å². The number of benzene rings is 1. The average molecular weight is 262 g/mol. The average Bonchev–Trinajstić information content (AvgIpc) is 2.87. The predicted molar refractivity (Wildman–Crippen MR) is 75.2 cm³/mol. The fourth-order valence-corrected chi connectivity index (χ4v) is 2.66. The van der Waals surface area contributed by atoms with Gasteiger partial charge in [0.2, 0.25) is 5.91 Å². The molecular weight excluding hydrogens is 240 g/mol. The van der Waals surface area contributed by atoms with Crippen molar-refractivity contribution < 1.29 is 9.53 Å². The molecule has 4 heteroatoms. The Kier molecular flexibility index (Phi) is 4.80. The molecule has 0 aromatic heterocycles. The zero-order valence-electron chi connectivity index (χ0n) is 11.7. The van der Waals surface area contributed by atoms with Crippen molar-refractivity contribution in [3.05, 3.63) is 29.8 Å². The lowest BCUT2D eigenvalue weighted by Crippen LogP contribution is -2.36. The van der Waals surface area contributed by atoms with E-state index in [1.807, 2.05) is 19.1 Å². The number of amides is 1. The van der Waals surface area contributed by atoms with Crippen molar-refractivity contribution in [2.24, 2.45) is 0 Å². The van der Waals surface area contributed by atoms with Gasteiger partial charge in [-0.05, 0) is 44.0 Å². The minimum atomic E-state index is 0.114. The highest BCUT2D eigenvalue weighted by atomic mass is 16.5. The van der Waals surface area contributed by atoms with Gasteiger partial charge in [-0.3, -0.25) is 9.69 Å². The summed E-state index contributed by atoms with van der Waals surface area (Å²) in [6.07, 6.45) is 2.27. The highest BCUT2D eigenvalue weighted by Crippen LogP contribution is 2.32. The van der Waals surface area contributed by atoms with Gasteiger partial charge in [-0.1, -0.05) is 12.1 Å². The van der Waals surface area contributed by atoms with E-state index in [2.05, 4.69) is 22.3 Å². The smallest absolute Gasteiger partial charge is 0.234 e. The second-order valence-electron chi connectivity index (χ2n) is 4.86. The van der Waals surface area contributed by atoms with Crippen molar-refractivity contribution >= 4 is 5.91 Å². The summed E-state index contributed by atoms with van der Waals surface area (Å²) in [4.78, 5) is 14.0. The van der Waals surface area contributed by atoms with Gasteiger partial charge in [0.1, 0.15) is 5.75 Å². The number of nitrogens with zero attached hydrogens (tertiary/aromatic N) is 1. The molecule has 1 aromatic carbocycles. The van der Waals surface area contributed by atoms with Crippen LogP contribution in [0.2, 0.25) is 0 Å². The number of likely N-dealkylation sites (N-methyl/N-ethyl adjacent to an activating group) is 1. The predicted octanol–water partition coefficient (Wildman–Crippen LogP) is 1.97. The lowest BCUT2D eigenvalue weighted by Gasteiger charge is -2.24. The van der Waals surface area contributed by atoms with E-state index >= 15 is 0 Å². The van der Waals surface area contributed by atoms with Crippen LogP contribution in [0.5, 0.6) is 5.75 Å². The zero-order valence-corrected chi connectivity index (χ0v) is 11.7. The third-order valence-electron chi connectivity index (χ3n) is 3.58. The standard InChI is InChI=1S/C15H22N2O2/c1-3-16-15(18)11-17-10-4-5-14(17)12-6-8-13(19-2)9-7-12/h6-9,14H,3-5,10-11H2,1-2H3,(H,16,18). The summed E-state index contributed by atoms with van der Waals surface area (Å²) in [5.41, 5.74) is 1.27. The number of hydrogen-bond donors (Lipinski definition) is 1. The summed E-state index contributed by atoms with van der Waals surface area (Å²) in [6, 6.07) is 8.52. The SMILES string of the molecule is CCNC(=O)CN1CCCC1c1ccc(OC)cc1. The zero-order chi connectivity index (χ0) is 13.7. The van der Waals surface area contributed by atoms with Crippen LogP contribution in [-0.4, -0.2) is 37.6 Å². The normalized spacial score (nSPS) is 19.4. The molecular formula is C15H22N2O2. The summed E-state index contributed by atoms with van der Waals surface area (Å²) in [7, 11) is 1.67. The van der Waals surface area contributed by atoms with E-state index in [-0.39, 0.29) is 5.91 Å². The molecule has 1 amide bonds. The minimum Gasteiger partial charge on any atom is -0.497 e. The van der Waals surface area contributed by atoms with Crippen molar-refractivity contribution in [2.45, 2.75) is 25.8 Å². The van der Waals surface area contributed by atoms with Gasteiger partial charge in [-0.25, -0.2) is 0 Å². The quantitative estimate of drug-likeness (QED) is 0.882. The number of nitrogens with one attached hydrogen (secondary N) is 1. The second kappa shape index (κ2) is 6.57. The van der Waals surface area contributed by atoms with Crippen LogP contribution in [0.4, 0.5) is 0 Å². The summed E-state index contributed by atoms with van der Waals surface area (Å²) in [5, 5.41) is 2.86. The first kappa shape index (κ1) is 13.9. The maximum absolute atomic E-state index is 11.7. The summed E-state index contributed by atoms with van der Waals surface area (Å²) in [5.74, 6) is 0.986. The molecule has 1 aromatic rings. The maximum atomic E-state index is 11.7. The number of hydrogen-bond acceptors (Lipinski definition) is 3. The van der Waals surface area contributed by atoms with Gasteiger partial charge < -0.3 is 10.1 Å². The van der Waals surface area contributed by atoms with Crippen LogP contribution in [-0.2, 0) is 4.79 Å². The minimum absolute atomic E-state index is 0.114. The second-order valence-corrected chi connectivity index (χ2v) is 4.86. The molecule has 1 unspecified atom stereocenters. The van der Waals surface area contributed by atoms with Gasteiger partial charge in [-0.2, -0.15) is 0 Å². The molecule has 1 heterocycles. The molecule has 0 saturated carbocycles. The monoisotopic (exact) mass is 262 g/mol. The first-order valence-corrected chi connectivity index (χ1v) is 6.89. The summed E-state index contributed by atoms with van der Waals surface area (Å²) >= 11 is 0. The Labute approximate surface area is 114 Å². The highest BCUT2D eigenvalue weighted by Gasteiger charge is 2.27. The molecule has 19 heavy (non-hydrogen) atoms. The lowest BCUT2D eigenvalue weighted by atomic mass is 10.0. The number of carbonyl (C=O) groups is 1. The Morgan fingerprint density at radius 3 is 2.79 bits per heavy atom. The molecule has 1 N–H and O–H groups in total. The molecule has 0 bridgehead atoms. The van der Waals surface area contributed by atoms with Gasteiger partial charge >= 0.3 is 0 Å². The largest absolute Gasteiger partial charge is 0.497 e. The number of rotatable bonds is 5. The third-order valence-corrected chi connectivity index (χ3v) is 3.58. The lowest BCUT2D eigenvalue weighted by molar-refractivity contribution is -0.122. The Hall–Kier alpha value is -1.55. The molecule has 4 nitrogen and oxygen atoms in total. The first-order valence-electron chi connectivity index (χ1n) is 6.89. The molecule has 1 atom stereocenters. The van der Waals surface area contributed by atoms with Crippen LogP contribution < -0.4 is 10.1 Å². The fraction of sp³-hybridized carbons (Fsp3) is 0.533. The van der Waals surface area contributed by atoms with Crippen LogP contribution in [0, 0.1) is 0 Å². The van der Waals surface area contributed by atoms with Gasteiger partial charge in [0, 0.05) is 12.6 Å². The van der Waals surface area contributed by atoms with Crippen molar-refractivity contribution in [3.63, 3.8) is 0 Å². The van der Waals surface area contributed by atoms with Crippen LogP contribution in [0.15, 0.2) is 24.3 Å². The molecule has 0 spiro atoms. The number of carbonyl (C=O) groups excluding carboxylic acids is 1. The van der Waals surface area contributed by atoms with E-state index in [1.165, 1.54) is 5.56 Å². The van der Waals surface area contributed by atoms with Gasteiger partial charge in [0.15, 0.2) is 0 Å². The van der Waals surface area contributed by atoms with E-state index in [9.17, 15) is 4.79 Å². The third kappa shape index (κ3) is 3.47.